The molecule has 94 valence electrons. The van der Waals surface area contributed by atoms with E-state index in [9.17, 15) is 13.2 Å². The van der Waals surface area contributed by atoms with Gasteiger partial charge < -0.3 is 4.43 Å². The van der Waals surface area contributed by atoms with Crippen LogP contribution >= 0.6 is 0 Å². The normalized spacial score (nSPS) is 12.5. The van der Waals surface area contributed by atoms with Crippen molar-refractivity contribution in [3.8, 4) is 0 Å². The summed E-state index contributed by atoms with van der Waals surface area (Å²) in [5, 5.41) is 0.840. The summed E-state index contributed by atoms with van der Waals surface area (Å²) in [6.07, 6.45) is -2.65. The highest BCUT2D eigenvalue weighted by molar-refractivity contribution is 6.84. The smallest absolute Gasteiger partial charge is 0.409 e. The van der Waals surface area contributed by atoms with Crippen LogP contribution in [0.3, 0.4) is 0 Å². The van der Waals surface area contributed by atoms with Gasteiger partial charge in [0.25, 0.3) is 0 Å². The SMILES string of the molecule is C=CCO[Si](C)(C)c1ccc(C(F)(F)F)cc1. The summed E-state index contributed by atoms with van der Waals surface area (Å²) < 4.78 is 42.8. The molecule has 5 heteroatoms. The number of alkyl halides is 3. The maximum atomic E-state index is 12.4. The summed E-state index contributed by atoms with van der Waals surface area (Å²) in [5.74, 6) is 0. The average molecular weight is 260 g/mol. The van der Waals surface area contributed by atoms with Crippen molar-refractivity contribution in [1.29, 1.82) is 0 Å². The minimum absolute atomic E-state index is 0.417. The third-order valence-corrected chi connectivity index (χ3v) is 5.08. The fraction of sp³-hybridized carbons (Fsp3) is 0.333. The maximum Gasteiger partial charge on any atom is 0.416 e. The largest absolute Gasteiger partial charge is 0.416 e. The van der Waals surface area contributed by atoms with Gasteiger partial charge >= 0.3 is 6.18 Å². The van der Waals surface area contributed by atoms with Gasteiger partial charge in [0, 0.05) is 0 Å². The first-order valence-electron chi connectivity index (χ1n) is 5.20. The van der Waals surface area contributed by atoms with Gasteiger partial charge in [-0.25, -0.2) is 0 Å². The van der Waals surface area contributed by atoms with Gasteiger partial charge in [0.05, 0.1) is 12.2 Å². The molecule has 0 heterocycles. The zero-order valence-corrected chi connectivity index (χ0v) is 10.8. The second-order valence-electron chi connectivity index (χ2n) is 4.19. The Morgan fingerprint density at radius 3 is 2.18 bits per heavy atom. The van der Waals surface area contributed by atoms with E-state index in [1.54, 1.807) is 6.08 Å². The van der Waals surface area contributed by atoms with Crippen molar-refractivity contribution in [2.24, 2.45) is 0 Å². The molecule has 1 rings (SSSR count). The molecule has 0 aromatic heterocycles. The Labute approximate surface area is 100 Å². The minimum atomic E-state index is -4.29. The van der Waals surface area contributed by atoms with Gasteiger partial charge in [0.1, 0.15) is 0 Å². The Kier molecular flexibility index (Phi) is 4.16. The van der Waals surface area contributed by atoms with E-state index in [1.807, 2.05) is 13.1 Å². The van der Waals surface area contributed by atoms with Crippen molar-refractivity contribution in [3.05, 3.63) is 42.5 Å². The molecule has 0 saturated carbocycles. The van der Waals surface area contributed by atoms with Gasteiger partial charge in [-0.2, -0.15) is 13.2 Å². The van der Waals surface area contributed by atoms with Crippen LogP contribution in [0.5, 0.6) is 0 Å². The van der Waals surface area contributed by atoms with Crippen LogP contribution in [0.2, 0.25) is 13.1 Å². The Hall–Kier alpha value is -1.07. The lowest BCUT2D eigenvalue weighted by molar-refractivity contribution is -0.137. The highest BCUT2D eigenvalue weighted by Crippen LogP contribution is 2.28. The van der Waals surface area contributed by atoms with Crippen LogP contribution in [0.25, 0.3) is 0 Å². The van der Waals surface area contributed by atoms with E-state index < -0.39 is 20.1 Å². The van der Waals surface area contributed by atoms with Gasteiger partial charge in [-0.1, -0.05) is 30.3 Å². The zero-order chi connectivity index (χ0) is 13.1. The molecule has 0 aliphatic carbocycles. The summed E-state index contributed by atoms with van der Waals surface area (Å²) in [5.41, 5.74) is -0.630. The molecule has 0 saturated heterocycles. The lowest BCUT2D eigenvalue weighted by Crippen LogP contribution is -2.44. The highest BCUT2D eigenvalue weighted by Gasteiger charge is 2.31. The summed E-state index contributed by atoms with van der Waals surface area (Å²) in [6.45, 7) is 7.86. The summed E-state index contributed by atoms with van der Waals surface area (Å²) >= 11 is 0. The number of hydrogen-bond donors (Lipinski definition) is 0. The van der Waals surface area contributed by atoms with Gasteiger partial charge in [-0.05, 0) is 18.3 Å². The summed E-state index contributed by atoms with van der Waals surface area (Å²) in [7, 11) is -2.12. The molecule has 0 radical (unpaired) electrons. The van der Waals surface area contributed by atoms with Crippen LogP contribution in [-0.4, -0.2) is 14.9 Å². The quantitative estimate of drug-likeness (QED) is 0.596. The van der Waals surface area contributed by atoms with Crippen LogP contribution in [-0.2, 0) is 10.6 Å². The molecule has 0 bridgehead atoms. The number of rotatable bonds is 4. The van der Waals surface area contributed by atoms with Crippen molar-refractivity contribution in [1.82, 2.24) is 0 Å². The minimum Gasteiger partial charge on any atom is -0.409 e. The molecule has 17 heavy (non-hydrogen) atoms. The van der Waals surface area contributed by atoms with Crippen LogP contribution < -0.4 is 5.19 Å². The van der Waals surface area contributed by atoms with E-state index >= 15 is 0 Å². The van der Waals surface area contributed by atoms with Gasteiger partial charge in [0.15, 0.2) is 0 Å². The lowest BCUT2D eigenvalue weighted by atomic mass is 10.2. The van der Waals surface area contributed by atoms with E-state index in [0.717, 1.165) is 17.3 Å². The van der Waals surface area contributed by atoms with E-state index in [4.69, 9.17) is 4.43 Å². The third-order valence-electron chi connectivity index (χ3n) is 2.47. The first-order valence-corrected chi connectivity index (χ1v) is 8.11. The maximum absolute atomic E-state index is 12.4. The number of benzene rings is 1. The second-order valence-corrected chi connectivity index (χ2v) is 8.07. The molecule has 0 amide bonds. The molecular formula is C12H15F3OSi. The van der Waals surface area contributed by atoms with Crippen LogP contribution in [0.15, 0.2) is 36.9 Å². The van der Waals surface area contributed by atoms with E-state index in [-0.39, 0.29) is 0 Å². The fourth-order valence-corrected chi connectivity index (χ4v) is 3.08. The molecule has 0 aliphatic heterocycles. The topological polar surface area (TPSA) is 9.23 Å². The highest BCUT2D eigenvalue weighted by atomic mass is 28.4. The standard InChI is InChI=1S/C12H15F3OSi/c1-4-9-16-17(2,3)11-7-5-10(6-8-11)12(13,14)15/h4-8H,1,9H2,2-3H3. The molecule has 0 unspecified atom stereocenters. The number of halogens is 3. The average Bonchev–Trinajstić information content (AvgIpc) is 2.25. The van der Waals surface area contributed by atoms with Gasteiger partial charge in [-0.15, -0.1) is 6.58 Å². The van der Waals surface area contributed by atoms with Gasteiger partial charge in [0.2, 0.25) is 8.32 Å². The van der Waals surface area contributed by atoms with E-state index in [0.29, 0.717) is 6.61 Å². The molecular weight excluding hydrogens is 245 g/mol. The first kappa shape index (κ1) is 14.0. The molecule has 0 fully saturated rings. The predicted octanol–water partition coefficient (Wildman–Crippen LogP) is 3.32. The van der Waals surface area contributed by atoms with Crippen LogP contribution in [0.4, 0.5) is 13.2 Å². The Balaban J connectivity index is 2.90. The molecule has 1 aromatic rings. The molecule has 1 nitrogen and oxygen atoms in total. The fourth-order valence-electron chi connectivity index (χ4n) is 1.41. The lowest BCUT2D eigenvalue weighted by Gasteiger charge is -2.22. The Bertz CT molecular complexity index is 382. The molecule has 0 atom stereocenters. The third kappa shape index (κ3) is 3.71. The molecule has 0 N–H and O–H groups in total. The molecule has 0 aliphatic rings. The predicted molar refractivity (Wildman–Crippen MR) is 64.7 cm³/mol. The van der Waals surface area contributed by atoms with Crippen LogP contribution in [0.1, 0.15) is 5.56 Å². The van der Waals surface area contributed by atoms with Crippen molar-refractivity contribution in [2.75, 3.05) is 6.61 Å². The molecule has 0 spiro atoms. The van der Waals surface area contributed by atoms with Crippen molar-refractivity contribution < 1.29 is 17.6 Å². The monoisotopic (exact) mass is 260 g/mol. The van der Waals surface area contributed by atoms with Crippen molar-refractivity contribution in [3.63, 3.8) is 0 Å². The summed E-state index contributed by atoms with van der Waals surface area (Å²) in [6, 6.07) is 5.19. The van der Waals surface area contributed by atoms with Crippen molar-refractivity contribution in [2.45, 2.75) is 19.3 Å². The van der Waals surface area contributed by atoms with Crippen molar-refractivity contribution >= 4 is 13.5 Å². The van der Waals surface area contributed by atoms with E-state index in [2.05, 4.69) is 6.58 Å². The molecule has 1 aromatic carbocycles. The Morgan fingerprint density at radius 2 is 1.76 bits per heavy atom. The second kappa shape index (κ2) is 5.06. The van der Waals surface area contributed by atoms with E-state index in [1.165, 1.54) is 12.1 Å². The zero-order valence-electron chi connectivity index (χ0n) is 9.84. The Morgan fingerprint density at radius 1 is 1.24 bits per heavy atom. The number of hydrogen-bond acceptors (Lipinski definition) is 1. The van der Waals surface area contributed by atoms with Gasteiger partial charge in [-0.3, -0.25) is 0 Å². The first-order chi connectivity index (χ1) is 7.77. The van der Waals surface area contributed by atoms with Crippen LogP contribution in [0, 0.1) is 0 Å². The summed E-state index contributed by atoms with van der Waals surface area (Å²) in [4.78, 5) is 0.